The van der Waals surface area contributed by atoms with Crippen molar-refractivity contribution in [1.82, 2.24) is 10.3 Å². The van der Waals surface area contributed by atoms with E-state index in [0.29, 0.717) is 12.3 Å². The molecule has 0 saturated heterocycles. The van der Waals surface area contributed by atoms with Gasteiger partial charge in [-0.25, -0.2) is 4.98 Å². The molecule has 6 rings (SSSR count). The molecule has 0 amide bonds. The van der Waals surface area contributed by atoms with Crippen LogP contribution in [0.25, 0.3) is 22.6 Å². The van der Waals surface area contributed by atoms with Crippen LogP contribution in [0.4, 0.5) is 0 Å². The molecule has 5 aromatic carbocycles. The van der Waals surface area contributed by atoms with Gasteiger partial charge in [-0.3, -0.25) is 5.32 Å². The Morgan fingerprint density at radius 3 is 1.67 bits per heavy atom. The molecule has 1 heterocycles. The molecule has 192 valence electrons. The third-order valence-corrected chi connectivity index (χ3v) is 7.24. The van der Waals surface area contributed by atoms with Gasteiger partial charge in [-0.1, -0.05) is 115 Å². The lowest BCUT2D eigenvalue weighted by Gasteiger charge is -2.40. The van der Waals surface area contributed by atoms with Gasteiger partial charge in [0.2, 0.25) is 5.89 Å². The molecule has 1 aromatic heterocycles. The maximum atomic E-state index is 10.6. The van der Waals surface area contributed by atoms with Gasteiger partial charge in [0.1, 0.15) is 5.52 Å². The predicted molar refractivity (Wildman–Crippen MR) is 156 cm³/mol. The van der Waals surface area contributed by atoms with Crippen LogP contribution in [0.2, 0.25) is 0 Å². The second-order valence-corrected chi connectivity index (χ2v) is 9.76. The van der Waals surface area contributed by atoms with Gasteiger partial charge in [-0.15, -0.1) is 0 Å². The van der Waals surface area contributed by atoms with E-state index in [1.165, 1.54) is 0 Å². The summed E-state index contributed by atoms with van der Waals surface area (Å²) in [5.74, 6) is 0.607. The molecule has 39 heavy (non-hydrogen) atoms. The SMILES string of the molecule is OCC(Cc1ccc(-c2nc3ccccc3o2)cc1)NC(c1ccccc1)(c1ccccc1)c1ccccc1. The van der Waals surface area contributed by atoms with E-state index >= 15 is 0 Å². The summed E-state index contributed by atoms with van der Waals surface area (Å²) < 4.78 is 5.95. The minimum Gasteiger partial charge on any atom is -0.436 e. The third kappa shape index (κ3) is 5.00. The molecule has 2 N–H and O–H groups in total. The van der Waals surface area contributed by atoms with Crippen molar-refractivity contribution in [2.24, 2.45) is 0 Å². The van der Waals surface area contributed by atoms with Crippen LogP contribution in [-0.4, -0.2) is 22.7 Å². The van der Waals surface area contributed by atoms with Gasteiger partial charge >= 0.3 is 0 Å². The van der Waals surface area contributed by atoms with Crippen molar-refractivity contribution in [3.8, 4) is 11.5 Å². The summed E-state index contributed by atoms with van der Waals surface area (Å²) in [6, 6.07) is 47.2. The molecule has 1 atom stereocenters. The number of fused-ring (bicyclic) bond motifs is 1. The summed E-state index contributed by atoms with van der Waals surface area (Å²) in [6.07, 6.45) is 0.651. The highest BCUT2D eigenvalue weighted by Crippen LogP contribution is 2.37. The van der Waals surface area contributed by atoms with Gasteiger partial charge in [0, 0.05) is 11.6 Å². The molecular weight excluding hydrogens is 480 g/mol. The maximum Gasteiger partial charge on any atom is 0.227 e. The van der Waals surface area contributed by atoms with E-state index in [0.717, 1.165) is 38.9 Å². The topological polar surface area (TPSA) is 58.3 Å². The van der Waals surface area contributed by atoms with Gasteiger partial charge < -0.3 is 9.52 Å². The first-order valence-electron chi connectivity index (χ1n) is 13.3. The molecule has 0 radical (unpaired) electrons. The van der Waals surface area contributed by atoms with E-state index in [4.69, 9.17) is 4.42 Å². The highest BCUT2D eigenvalue weighted by atomic mass is 16.3. The van der Waals surface area contributed by atoms with Crippen molar-refractivity contribution in [2.75, 3.05) is 6.61 Å². The van der Waals surface area contributed by atoms with Crippen molar-refractivity contribution in [3.05, 3.63) is 162 Å². The van der Waals surface area contributed by atoms with Crippen LogP contribution in [0, 0.1) is 0 Å². The van der Waals surface area contributed by atoms with Crippen molar-refractivity contribution in [3.63, 3.8) is 0 Å². The van der Waals surface area contributed by atoms with Crippen LogP contribution in [0.1, 0.15) is 22.3 Å². The lowest BCUT2D eigenvalue weighted by atomic mass is 9.76. The van der Waals surface area contributed by atoms with Crippen molar-refractivity contribution in [2.45, 2.75) is 18.0 Å². The van der Waals surface area contributed by atoms with Gasteiger partial charge in [0.15, 0.2) is 5.58 Å². The number of rotatable bonds is 9. The van der Waals surface area contributed by atoms with Gasteiger partial charge in [0.25, 0.3) is 0 Å². The van der Waals surface area contributed by atoms with E-state index in [-0.39, 0.29) is 12.6 Å². The molecule has 0 bridgehead atoms. The number of nitrogens with zero attached hydrogens (tertiary/aromatic N) is 1. The number of para-hydroxylation sites is 2. The minimum absolute atomic E-state index is 0.0128. The number of hydrogen-bond acceptors (Lipinski definition) is 4. The summed E-state index contributed by atoms with van der Waals surface area (Å²) in [5.41, 5.74) is 6.38. The Morgan fingerprint density at radius 1 is 0.641 bits per heavy atom. The maximum absolute atomic E-state index is 10.6. The molecule has 6 aromatic rings. The third-order valence-electron chi connectivity index (χ3n) is 7.24. The van der Waals surface area contributed by atoms with Crippen LogP contribution in [0.3, 0.4) is 0 Å². The molecule has 0 spiro atoms. The number of nitrogens with one attached hydrogen (secondary N) is 1. The Balaban J connectivity index is 1.34. The quantitative estimate of drug-likeness (QED) is 0.206. The zero-order valence-corrected chi connectivity index (χ0v) is 21.6. The van der Waals surface area contributed by atoms with E-state index in [9.17, 15) is 5.11 Å². The summed E-state index contributed by atoms with van der Waals surface area (Å²) in [7, 11) is 0. The summed E-state index contributed by atoms with van der Waals surface area (Å²) in [4.78, 5) is 4.62. The predicted octanol–water partition coefficient (Wildman–Crippen LogP) is 6.98. The van der Waals surface area contributed by atoms with E-state index in [2.05, 4.69) is 95.2 Å². The summed E-state index contributed by atoms with van der Waals surface area (Å²) in [5, 5.41) is 14.5. The second kappa shape index (κ2) is 11.1. The van der Waals surface area contributed by atoms with Crippen LogP contribution >= 0.6 is 0 Å². The Hall–Kier alpha value is -4.51. The number of aromatic nitrogens is 1. The summed E-state index contributed by atoms with van der Waals surface area (Å²) in [6.45, 7) is -0.0128. The van der Waals surface area contributed by atoms with Gasteiger partial charge in [-0.05, 0) is 52.9 Å². The van der Waals surface area contributed by atoms with Crippen molar-refractivity contribution in [1.29, 1.82) is 0 Å². The Morgan fingerprint density at radius 2 is 1.15 bits per heavy atom. The smallest absolute Gasteiger partial charge is 0.227 e. The summed E-state index contributed by atoms with van der Waals surface area (Å²) >= 11 is 0. The van der Waals surface area contributed by atoms with E-state index < -0.39 is 5.54 Å². The largest absolute Gasteiger partial charge is 0.436 e. The van der Waals surface area contributed by atoms with Gasteiger partial charge in [-0.2, -0.15) is 0 Å². The molecule has 0 aliphatic rings. The van der Waals surface area contributed by atoms with Crippen LogP contribution < -0.4 is 5.32 Å². The molecular formula is C35H30N2O2. The first-order chi connectivity index (χ1) is 19.3. The number of aliphatic hydroxyl groups is 1. The monoisotopic (exact) mass is 510 g/mol. The zero-order valence-electron chi connectivity index (χ0n) is 21.6. The molecule has 0 fully saturated rings. The Kier molecular flexibility index (Phi) is 7.05. The molecule has 0 aliphatic carbocycles. The zero-order chi connectivity index (χ0) is 26.5. The standard InChI is InChI=1S/C35H30N2O2/c38-25-31(24-26-20-22-27(23-21-26)34-36-32-18-10-11-19-33(32)39-34)37-35(28-12-4-1-5-13-28,29-14-6-2-7-15-29)30-16-8-3-9-17-30/h1-23,31,37-38H,24-25H2. The average Bonchev–Trinajstić information content (AvgIpc) is 3.45. The van der Waals surface area contributed by atoms with Crippen molar-refractivity contribution < 1.29 is 9.52 Å². The molecule has 1 unspecified atom stereocenters. The van der Waals surface area contributed by atoms with Crippen LogP contribution in [0.5, 0.6) is 0 Å². The lowest BCUT2D eigenvalue weighted by Crippen LogP contribution is -2.51. The van der Waals surface area contributed by atoms with Crippen LogP contribution in [0.15, 0.2) is 144 Å². The van der Waals surface area contributed by atoms with E-state index in [1.54, 1.807) is 0 Å². The fourth-order valence-electron chi connectivity index (χ4n) is 5.35. The number of oxazole rings is 1. The highest BCUT2D eigenvalue weighted by molar-refractivity contribution is 5.76. The van der Waals surface area contributed by atoms with Crippen LogP contribution in [-0.2, 0) is 12.0 Å². The molecule has 0 aliphatic heterocycles. The second-order valence-electron chi connectivity index (χ2n) is 9.76. The normalized spacial score (nSPS) is 12.4. The minimum atomic E-state index is -0.644. The number of benzene rings is 5. The number of aliphatic hydroxyl groups excluding tert-OH is 1. The lowest BCUT2D eigenvalue weighted by molar-refractivity contribution is 0.221. The number of hydrogen-bond donors (Lipinski definition) is 2. The van der Waals surface area contributed by atoms with Crippen molar-refractivity contribution >= 4 is 11.1 Å². The average molecular weight is 511 g/mol. The molecule has 4 nitrogen and oxygen atoms in total. The van der Waals surface area contributed by atoms with E-state index in [1.807, 2.05) is 54.6 Å². The first kappa shape index (κ1) is 24.8. The fourth-order valence-corrected chi connectivity index (χ4v) is 5.35. The molecule has 0 saturated carbocycles. The highest BCUT2D eigenvalue weighted by Gasteiger charge is 2.37. The fraction of sp³-hybridized carbons (Fsp3) is 0.114. The Bertz CT molecular complexity index is 1500. The molecule has 4 heteroatoms. The van der Waals surface area contributed by atoms with Gasteiger partial charge in [0.05, 0.1) is 12.1 Å². The Labute approximate surface area is 228 Å². The first-order valence-corrected chi connectivity index (χ1v) is 13.3.